The molecule has 0 aliphatic heterocycles. The topological polar surface area (TPSA) is 55.4 Å². The third-order valence-electron chi connectivity index (χ3n) is 3.26. The molecule has 1 amide bonds. The van der Waals surface area contributed by atoms with E-state index in [-0.39, 0.29) is 11.4 Å². The Morgan fingerprint density at radius 1 is 1.24 bits per heavy atom. The molecule has 1 fully saturated rings. The van der Waals surface area contributed by atoms with Gasteiger partial charge in [0.15, 0.2) is 0 Å². The Bertz CT molecular complexity index is 329. The second-order valence-corrected chi connectivity index (χ2v) is 4.86. The van der Waals surface area contributed by atoms with Crippen LogP contribution >= 0.6 is 0 Å². The average molecular weight is 297 g/mol. The normalized spacial score (nSPS) is 16.1. The Labute approximate surface area is 129 Å². The van der Waals surface area contributed by atoms with Gasteiger partial charge in [0.05, 0.1) is 7.11 Å². The fourth-order valence-electron chi connectivity index (χ4n) is 2.15. The van der Waals surface area contributed by atoms with E-state index in [4.69, 9.17) is 4.79 Å². The van der Waals surface area contributed by atoms with Crippen molar-refractivity contribution < 1.29 is 14.3 Å². The summed E-state index contributed by atoms with van der Waals surface area (Å²) in [5.41, 5.74) is 0.661. The summed E-state index contributed by atoms with van der Waals surface area (Å²) in [5.74, 6) is 0.0110. The summed E-state index contributed by atoms with van der Waals surface area (Å²) in [4.78, 5) is 20.8. The highest BCUT2D eigenvalue weighted by Crippen LogP contribution is 2.27. The van der Waals surface area contributed by atoms with Crippen molar-refractivity contribution >= 4 is 12.4 Å². The van der Waals surface area contributed by atoms with Crippen LogP contribution in [-0.4, -0.2) is 25.0 Å². The van der Waals surface area contributed by atoms with Crippen molar-refractivity contribution in [3.8, 4) is 0 Å². The number of nitrogens with one attached hydrogen (secondary N) is 1. The number of carbonyl (C=O) groups excluding carboxylic acids is 2. The molecule has 0 saturated heterocycles. The molecule has 0 bridgehead atoms. The lowest BCUT2D eigenvalue weighted by molar-refractivity contribution is -0.126. The van der Waals surface area contributed by atoms with Gasteiger partial charge in [-0.2, -0.15) is 0 Å². The van der Waals surface area contributed by atoms with Gasteiger partial charge < -0.3 is 10.1 Å². The maximum Gasteiger partial charge on any atom is 0.292 e. The molecule has 1 aliphatic rings. The zero-order valence-corrected chi connectivity index (χ0v) is 14.2. The number of rotatable bonds is 4. The first-order valence-corrected chi connectivity index (χ1v) is 7.60. The van der Waals surface area contributed by atoms with Gasteiger partial charge in [-0.05, 0) is 26.7 Å². The summed E-state index contributed by atoms with van der Waals surface area (Å²) >= 11 is 0. The van der Waals surface area contributed by atoms with E-state index in [9.17, 15) is 4.79 Å². The van der Waals surface area contributed by atoms with E-state index >= 15 is 0 Å². The van der Waals surface area contributed by atoms with Gasteiger partial charge in [-0.1, -0.05) is 51.8 Å². The van der Waals surface area contributed by atoms with Crippen LogP contribution in [0.3, 0.4) is 0 Å². The molecule has 1 saturated carbocycles. The van der Waals surface area contributed by atoms with E-state index in [0.29, 0.717) is 12.0 Å². The molecule has 0 spiro atoms. The first kappa shape index (κ1) is 21.7. The Morgan fingerprint density at radius 2 is 1.71 bits per heavy atom. The fourth-order valence-corrected chi connectivity index (χ4v) is 2.15. The Balaban J connectivity index is 0. The zero-order chi connectivity index (χ0) is 16.7. The highest BCUT2D eigenvalue weighted by molar-refractivity contribution is 5.96. The summed E-state index contributed by atoms with van der Waals surface area (Å²) in [7, 11) is 1.31. The molecule has 0 atom stereocenters. The first-order valence-electron chi connectivity index (χ1n) is 7.60. The molecule has 0 aromatic rings. The number of hydrogen-bond donors (Lipinski definition) is 1. The SMILES string of the molecule is C=C/C(=C\C)C(=O)NC1(C)CCCCC1.CC.COC=O. The largest absolute Gasteiger partial charge is 0.471 e. The van der Waals surface area contributed by atoms with Crippen LogP contribution < -0.4 is 5.32 Å². The van der Waals surface area contributed by atoms with Crippen LogP contribution in [0.5, 0.6) is 0 Å². The maximum absolute atomic E-state index is 11.8. The minimum Gasteiger partial charge on any atom is -0.471 e. The lowest BCUT2D eigenvalue weighted by Gasteiger charge is -2.34. The van der Waals surface area contributed by atoms with E-state index in [1.807, 2.05) is 20.8 Å². The van der Waals surface area contributed by atoms with E-state index in [0.717, 1.165) is 12.8 Å². The van der Waals surface area contributed by atoms with Crippen LogP contribution in [0.1, 0.15) is 59.8 Å². The zero-order valence-electron chi connectivity index (χ0n) is 14.2. The number of ether oxygens (including phenoxy) is 1. The number of methoxy groups -OCH3 is 1. The molecule has 0 radical (unpaired) electrons. The van der Waals surface area contributed by atoms with Crippen LogP contribution in [0.4, 0.5) is 0 Å². The quantitative estimate of drug-likeness (QED) is 0.488. The molecule has 122 valence electrons. The van der Waals surface area contributed by atoms with Crippen molar-refractivity contribution in [2.45, 2.75) is 65.3 Å². The van der Waals surface area contributed by atoms with Crippen LogP contribution in [0, 0.1) is 0 Å². The standard InChI is InChI=1S/C13H21NO.C2H4O2.C2H6/c1-4-11(5-2)12(15)14-13(3)9-7-6-8-10-13;1-4-2-3;1-2/h4-5H,1,6-10H2,2-3H3,(H,14,15);2H,1H3;1-2H3/b11-5+;;. The van der Waals surface area contributed by atoms with Crippen molar-refractivity contribution in [2.24, 2.45) is 0 Å². The highest BCUT2D eigenvalue weighted by Gasteiger charge is 2.28. The predicted octanol–water partition coefficient (Wildman–Crippen LogP) is 3.77. The van der Waals surface area contributed by atoms with E-state index in [1.165, 1.54) is 26.4 Å². The summed E-state index contributed by atoms with van der Waals surface area (Å²) in [6.45, 7) is 12.0. The summed E-state index contributed by atoms with van der Waals surface area (Å²) in [5, 5.41) is 3.12. The van der Waals surface area contributed by atoms with Crippen molar-refractivity contribution in [3.05, 3.63) is 24.3 Å². The predicted molar refractivity (Wildman–Crippen MR) is 88.0 cm³/mol. The second kappa shape index (κ2) is 13.4. The van der Waals surface area contributed by atoms with E-state index in [2.05, 4.69) is 23.6 Å². The van der Waals surface area contributed by atoms with Crippen molar-refractivity contribution in [2.75, 3.05) is 7.11 Å². The Kier molecular flexibility index (Phi) is 13.9. The summed E-state index contributed by atoms with van der Waals surface area (Å²) < 4.78 is 3.86. The minimum atomic E-state index is -0.00734. The number of hydrogen-bond acceptors (Lipinski definition) is 3. The van der Waals surface area contributed by atoms with Crippen LogP contribution in [0.2, 0.25) is 0 Å². The Morgan fingerprint density at radius 3 is 2.05 bits per heavy atom. The van der Waals surface area contributed by atoms with Gasteiger partial charge in [-0.25, -0.2) is 0 Å². The first-order chi connectivity index (χ1) is 10.0. The summed E-state index contributed by atoms with van der Waals surface area (Å²) in [6.07, 6.45) is 9.32. The minimum absolute atomic E-state index is 0.00734. The van der Waals surface area contributed by atoms with Crippen molar-refractivity contribution in [1.82, 2.24) is 5.32 Å². The molecule has 21 heavy (non-hydrogen) atoms. The van der Waals surface area contributed by atoms with Gasteiger partial charge >= 0.3 is 0 Å². The number of carbonyl (C=O) groups is 2. The van der Waals surface area contributed by atoms with Gasteiger partial charge in [0.25, 0.3) is 12.4 Å². The molecule has 1 rings (SSSR count). The monoisotopic (exact) mass is 297 g/mol. The average Bonchev–Trinajstić information content (AvgIpc) is 2.51. The molecular formula is C17H31NO3. The molecule has 0 aromatic carbocycles. The van der Waals surface area contributed by atoms with Crippen molar-refractivity contribution in [1.29, 1.82) is 0 Å². The van der Waals surface area contributed by atoms with Crippen LogP contribution in [0.25, 0.3) is 0 Å². The van der Waals surface area contributed by atoms with E-state index in [1.54, 1.807) is 12.2 Å². The van der Waals surface area contributed by atoms with Crippen molar-refractivity contribution in [3.63, 3.8) is 0 Å². The molecule has 0 aromatic heterocycles. The molecular weight excluding hydrogens is 266 g/mol. The maximum atomic E-state index is 11.8. The van der Waals surface area contributed by atoms with Gasteiger partial charge in [0.2, 0.25) is 0 Å². The van der Waals surface area contributed by atoms with Crippen LogP contribution in [-0.2, 0) is 14.3 Å². The van der Waals surface area contributed by atoms with Gasteiger partial charge in [-0.15, -0.1) is 0 Å². The molecule has 4 heteroatoms. The smallest absolute Gasteiger partial charge is 0.292 e. The fraction of sp³-hybridized carbons (Fsp3) is 0.647. The van der Waals surface area contributed by atoms with Gasteiger partial charge in [0, 0.05) is 11.1 Å². The molecule has 0 heterocycles. The molecule has 1 N–H and O–H groups in total. The summed E-state index contributed by atoms with van der Waals surface area (Å²) in [6, 6.07) is 0. The third kappa shape index (κ3) is 9.88. The second-order valence-electron chi connectivity index (χ2n) is 4.86. The van der Waals surface area contributed by atoms with E-state index < -0.39 is 0 Å². The Hall–Kier alpha value is -1.58. The lowest BCUT2D eigenvalue weighted by Crippen LogP contribution is -2.47. The molecule has 1 aliphatic carbocycles. The number of allylic oxidation sites excluding steroid dienone is 1. The third-order valence-corrected chi connectivity index (χ3v) is 3.26. The van der Waals surface area contributed by atoms with Crippen LogP contribution in [0.15, 0.2) is 24.3 Å². The lowest BCUT2D eigenvalue weighted by atomic mass is 9.83. The van der Waals surface area contributed by atoms with Gasteiger partial charge in [0.1, 0.15) is 0 Å². The highest BCUT2D eigenvalue weighted by atomic mass is 16.5. The van der Waals surface area contributed by atoms with Gasteiger partial charge in [-0.3, -0.25) is 9.59 Å². The molecule has 0 unspecified atom stereocenters. The number of amides is 1. The molecule has 4 nitrogen and oxygen atoms in total.